The van der Waals surface area contributed by atoms with Gasteiger partial charge in [0, 0.05) is 0 Å². The van der Waals surface area contributed by atoms with Gasteiger partial charge in [-0.3, -0.25) is 19.3 Å². The monoisotopic (exact) mass is 459 g/mol. The van der Waals surface area contributed by atoms with Crippen molar-refractivity contribution in [1.82, 2.24) is 10.2 Å². The lowest BCUT2D eigenvalue weighted by Gasteiger charge is -2.36. The second-order valence-corrected chi connectivity index (χ2v) is 9.81. The van der Waals surface area contributed by atoms with Gasteiger partial charge in [0.15, 0.2) is 6.61 Å². The molecule has 9 heteroatoms. The Bertz CT molecular complexity index is 954. The van der Waals surface area contributed by atoms with Crippen LogP contribution in [0.5, 0.6) is 5.75 Å². The number of nitrogens with one attached hydrogen (secondary N) is 2. The first kappa shape index (κ1) is 24.5. The Balaban J connectivity index is 1.58. The van der Waals surface area contributed by atoms with E-state index in [2.05, 4.69) is 31.4 Å². The van der Waals surface area contributed by atoms with E-state index in [1.165, 1.54) is 7.11 Å². The summed E-state index contributed by atoms with van der Waals surface area (Å²) in [5.41, 5.74) is 0.392. The van der Waals surface area contributed by atoms with Crippen LogP contribution in [0.2, 0.25) is 0 Å². The van der Waals surface area contributed by atoms with E-state index < -0.39 is 42.5 Å². The van der Waals surface area contributed by atoms with Crippen LogP contribution < -0.4 is 15.4 Å². The number of ether oxygens (including phenoxy) is 2. The Hall–Kier alpha value is -3.10. The van der Waals surface area contributed by atoms with Gasteiger partial charge in [0.05, 0.1) is 12.8 Å². The first-order valence-electron chi connectivity index (χ1n) is 11.3. The second kappa shape index (κ2) is 9.41. The number of hydrogen-bond donors (Lipinski definition) is 2. The number of amides is 4. The maximum atomic E-state index is 12.9. The SMILES string of the molecule is COc1ccc(C(C)(C)C)cc1NC(=O)COC(=O)CN1C(=O)N[C@]2(CCCC[C@@H]2C)C1=O. The predicted molar refractivity (Wildman–Crippen MR) is 122 cm³/mol. The van der Waals surface area contributed by atoms with Gasteiger partial charge in [-0.15, -0.1) is 0 Å². The standard InChI is InChI=1S/C24H33N3O6/c1-15-8-6-7-11-24(15)21(30)27(22(31)26-24)13-20(29)33-14-19(28)25-17-12-16(23(2,3)4)9-10-18(17)32-5/h9-10,12,15H,6-8,11,13-14H2,1-5H3,(H,25,28)(H,26,31)/t15-,24-/m0/s1. The fraction of sp³-hybridized carbons (Fsp3) is 0.583. The van der Waals surface area contributed by atoms with Gasteiger partial charge in [0.25, 0.3) is 11.8 Å². The van der Waals surface area contributed by atoms with Crippen molar-refractivity contribution in [3.05, 3.63) is 23.8 Å². The van der Waals surface area contributed by atoms with Crippen LogP contribution >= 0.6 is 0 Å². The van der Waals surface area contributed by atoms with Gasteiger partial charge in [0.2, 0.25) is 0 Å². The Morgan fingerprint density at radius 2 is 1.97 bits per heavy atom. The maximum absolute atomic E-state index is 12.9. The summed E-state index contributed by atoms with van der Waals surface area (Å²) in [6.07, 6.45) is 3.24. The number of carbonyl (C=O) groups is 4. The summed E-state index contributed by atoms with van der Waals surface area (Å²) >= 11 is 0. The molecule has 2 N–H and O–H groups in total. The first-order chi connectivity index (χ1) is 15.5. The zero-order chi connectivity index (χ0) is 24.4. The van der Waals surface area contributed by atoms with Crippen molar-refractivity contribution >= 4 is 29.5 Å². The lowest BCUT2D eigenvalue weighted by atomic mass is 9.73. The molecule has 0 radical (unpaired) electrons. The highest BCUT2D eigenvalue weighted by atomic mass is 16.5. The zero-order valence-electron chi connectivity index (χ0n) is 19.9. The molecule has 1 heterocycles. The van der Waals surface area contributed by atoms with Gasteiger partial charge in [-0.25, -0.2) is 4.79 Å². The molecule has 2 atom stereocenters. The summed E-state index contributed by atoms with van der Waals surface area (Å²) in [4.78, 5) is 50.9. The predicted octanol–water partition coefficient (Wildman–Crippen LogP) is 2.98. The topological polar surface area (TPSA) is 114 Å². The summed E-state index contributed by atoms with van der Waals surface area (Å²) in [5, 5.41) is 5.48. The van der Waals surface area contributed by atoms with Gasteiger partial charge in [-0.05, 0) is 41.9 Å². The molecule has 1 aliphatic heterocycles. The second-order valence-electron chi connectivity index (χ2n) is 9.81. The number of benzene rings is 1. The number of rotatable bonds is 6. The van der Waals surface area contributed by atoms with E-state index in [9.17, 15) is 19.2 Å². The normalized spacial score (nSPS) is 22.8. The number of urea groups is 1. The van der Waals surface area contributed by atoms with Gasteiger partial charge >= 0.3 is 12.0 Å². The average molecular weight is 460 g/mol. The smallest absolute Gasteiger partial charge is 0.326 e. The van der Waals surface area contributed by atoms with Gasteiger partial charge in [-0.1, -0.05) is 46.6 Å². The van der Waals surface area contributed by atoms with Gasteiger partial charge in [-0.2, -0.15) is 0 Å². The van der Waals surface area contributed by atoms with E-state index in [0.29, 0.717) is 17.9 Å². The number of nitrogens with zero attached hydrogens (tertiary/aromatic N) is 1. The molecule has 2 aliphatic rings. The molecule has 9 nitrogen and oxygen atoms in total. The van der Waals surface area contributed by atoms with E-state index >= 15 is 0 Å². The molecule has 1 aromatic carbocycles. The molecule has 2 fully saturated rings. The van der Waals surface area contributed by atoms with Crippen LogP contribution in [0.25, 0.3) is 0 Å². The number of methoxy groups -OCH3 is 1. The molecule has 1 spiro atoms. The quantitative estimate of drug-likeness (QED) is 0.499. The summed E-state index contributed by atoms with van der Waals surface area (Å²) in [7, 11) is 1.50. The summed E-state index contributed by atoms with van der Waals surface area (Å²) in [5.74, 6) is -1.31. The maximum Gasteiger partial charge on any atom is 0.326 e. The fourth-order valence-electron chi connectivity index (χ4n) is 4.42. The van der Waals surface area contributed by atoms with Crippen molar-refractivity contribution in [2.24, 2.45) is 5.92 Å². The molecule has 1 saturated heterocycles. The van der Waals surface area contributed by atoms with Crippen LogP contribution in [0.4, 0.5) is 10.5 Å². The molecule has 1 aliphatic carbocycles. The number of anilines is 1. The zero-order valence-corrected chi connectivity index (χ0v) is 19.9. The number of imide groups is 1. The highest BCUT2D eigenvalue weighted by Crippen LogP contribution is 2.38. The number of hydrogen-bond acceptors (Lipinski definition) is 6. The third kappa shape index (κ3) is 5.12. The first-order valence-corrected chi connectivity index (χ1v) is 11.3. The van der Waals surface area contributed by atoms with Crippen molar-refractivity contribution < 1.29 is 28.7 Å². The molecule has 1 aromatic rings. The van der Waals surface area contributed by atoms with Gasteiger partial charge in [0.1, 0.15) is 17.8 Å². The van der Waals surface area contributed by atoms with E-state index in [1.807, 2.05) is 19.1 Å². The third-order valence-electron chi connectivity index (χ3n) is 6.49. The van der Waals surface area contributed by atoms with Crippen LogP contribution in [0.3, 0.4) is 0 Å². The number of esters is 1. The van der Waals surface area contributed by atoms with E-state index in [4.69, 9.17) is 9.47 Å². The third-order valence-corrected chi connectivity index (χ3v) is 6.49. The molecular weight excluding hydrogens is 426 g/mol. The molecule has 180 valence electrons. The van der Waals surface area contributed by atoms with E-state index in [-0.39, 0.29) is 11.3 Å². The minimum atomic E-state index is -0.943. The highest BCUT2D eigenvalue weighted by Gasteiger charge is 2.55. The minimum absolute atomic E-state index is 0.00617. The van der Waals surface area contributed by atoms with Crippen molar-refractivity contribution in [2.75, 3.05) is 25.6 Å². The van der Waals surface area contributed by atoms with Crippen molar-refractivity contribution in [2.45, 2.75) is 64.3 Å². The van der Waals surface area contributed by atoms with Crippen molar-refractivity contribution in [3.63, 3.8) is 0 Å². The Kier molecular flexibility index (Phi) is 7.00. The summed E-state index contributed by atoms with van der Waals surface area (Å²) in [6, 6.07) is 4.91. The Morgan fingerprint density at radius 3 is 2.61 bits per heavy atom. The van der Waals surface area contributed by atoms with Crippen LogP contribution in [0.15, 0.2) is 18.2 Å². The van der Waals surface area contributed by atoms with Crippen LogP contribution in [-0.2, 0) is 24.5 Å². The lowest BCUT2D eigenvalue weighted by molar-refractivity contribution is -0.150. The molecule has 4 amide bonds. The highest BCUT2D eigenvalue weighted by molar-refractivity contribution is 6.09. The van der Waals surface area contributed by atoms with E-state index in [0.717, 1.165) is 29.7 Å². The molecule has 0 bridgehead atoms. The van der Waals surface area contributed by atoms with E-state index in [1.54, 1.807) is 6.07 Å². The summed E-state index contributed by atoms with van der Waals surface area (Å²) < 4.78 is 10.3. The van der Waals surface area contributed by atoms with Crippen LogP contribution in [0, 0.1) is 5.92 Å². The lowest BCUT2D eigenvalue weighted by Crippen LogP contribution is -2.54. The molecular formula is C24H33N3O6. The molecule has 3 rings (SSSR count). The molecule has 33 heavy (non-hydrogen) atoms. The van der Waals surface area contributed by atoms with Gasteiger partial charge < -0.3 is 20.1 Å². The van der Waals surface area contributed by atoms with Crippen LogP contribution in [-0.4, -0.2) is 54.5 Å². The molecule has 0 unspecified atom stereocenters. The Labute approximate surface area is 194 Å². The van der Waals surface area contributed by atoms with Crippen LogP contribution in [0.1, 0.15) is 58.9 Å². The fourth-order valence-corrected chi connectivity index (χ4v) is 4.42. The Morgan fingerprint density at radius 1 is 1.24 bits per heavy atom. The minimum Gasteiger partial charge on any atom is -0.495 e. The van der Waals surface area contributed by atoms with Crippen molar-refractivity contribution in [3.8, 4) is 5.75 Å². The molecule has 1 saturated carbocycles. The van der Waals surface area contributed by atoms with Crippen molar-refractivity contribution in [1.29, 1.82) is 0 Å². The molecule has 0 aromatic heterocycles. The largest absolute Gasteiger partial charge is 0.495 e. The number of carbonyl (C=O) groups excluding carboxylic acids is 4. The average Bonchev–Trinajstić information content (AvgIpc) is 2.98. The summed E-state index contributed by atoms with van der Waals surface area (Å²) in [6.45, 7) is 7.01.